The molecule has 3 rings (SSSR count). The Kier molecular flexibility index (Phi) is 2.25. The van der Waals surface area contributed by atoms with Gasteiger partial charge in [0, 0.05) is 12.0 Å². The number of hydrogen-bond acceptors (Lipinski definition) is 5. The van der Waals surface area contributed by atoms with Crippen molar-refractivity contribution >= 4 is 0 Å². The number of nitrogens with two attached hydrogens (primary N) is 1. The zero-order chi connectivity index (χ0) is 11.0. The average Bonchev–Trinajstić information content (AvgIpc) is 2.97. The summed E-state index contributed by atoms with van der Waals surface area (Å²) in [5.74, 6) is 2.14. The maximum absolute atomic E-state index is 5.86. The van der Waals surface area contributed by atoms with Crippen molar-refractivity contribution in [2.75, 3.05) is 0 Å². The molecule has 0 aromatic carbocycles. The molecule has 0 amide bonds. The lowest BCUT2D eigenvalue weighted by Gasteiger charge is -2.01. The van der Waals surface area contributed by atoms with E-state index in [2.05, 4.69) is 10.1 Å². The SMILES string of the molecule is NC1CCC(c2nc(-c3ccco3)no2)C1. The molecule has 2 N–H and O–H groups in total. The highest BCUT2D eigenvalue weighted by Gasteiger charge is 2.28. The summed E-state index contributed by atoms with van der Waals surface area (Å²) in [5.41, 5.74) is 5.86. The summed E-state index contributed by atoms with van der Waals surface area (Å²) < 4.78 is 10.5. The monoisotopic (exact) mass is 219 g/mol. The van der Waals surface area contributed by atoms with E-state index in [1.807, 2.05) is 6.07 Å². The van der Waals surface area contributed by atoms with Crippen LogP contribution in [-0.2, 0) is 0 Å². The Morgan fingerprint density at radius 2 is 2.31 bits per heavy atom. The van der Waals surface area contributed by atoms with Gasteiger partial charge in [0.1, 0.15) is 0 Å². The molecule has 1 fully saturated rings. The fourth-order valence-electron chi connectivity index (χ4n) is 2.15. The third kappa shape index (κ3) is 1.63. The van der Waals surface area contributed by atoms with Crippen LogP contribution < -0.4 is 5.73 Å². The molecule has 0 aliphatic heterocycles. The molecule has 1 saturated carbocycles. The second kappa shape index (κ2) is 3.75. The molecule has 16 heavy (non-hydrogen) atoms. The van der Waals surface area contributed by atoms with Gasteiger partial charge in [-0.25, -0.2) is 0 Å². The van der Waals surface area contributed by atoms with Crippen molar-refractivity contribution in [1.82, 2.24) is 10.1 Å². The summed E-state index contributed by atoms with van der Waals surface area (Å²) in [4.78, 5) is 4.34. The summed E-state index contributed by atoms with van der Waals surface area (Å²) >= 11 is 0. The molecule has 5 nitrogen and oxygen atoms in total. The topological polar surface area (TPSA) is 78.1 Å². The van der Waals surface area contributed by atoms with Gasteiger partial charge in [-0.2, -0.15) is 4.98 Å². The maximum Gasteiger partial charge on any atom is 0.238 e. The number of nitrogens with zero attached hydrogens (tertiary/aromatic N) is 2. The molecule has 5 heteroatoms. The van der Waals surface area contributed by atoms with Gasteiger partial charge in [0.2, 0.25) is 11.7 Å². The molecule has 0 spiro atoms. The largest absolute Gasteiger partial charge is 0.461 e. The van der Waals surface area contributed by atoms with Crippen LogP contribution in [0.2, 0.25) is 0 Å². The number of rotatable bonds is 2. The van der Waals surface area contributed by atoms with Gasteiger partial charge in [-0.15, -0.1) is 0 Å². The molecule has 2 aromatic heterocycles. The Morgan fingerprint density at radius 1 is 1.38 bits per heavy atom. The Morgan fingerprint density at radius 3 is 3.00 bits per heavy atom. The summed E-state index contributed by atoms with van der Waals surface area (Å²) in [6.45, 7) is 0. The zero-order valence-corrected chi connectivity index (χ0v) is 8.80. The van der Waals surface area contributed by atoms with Crippen LogP contribution in [0.25, 0.3) is 11.6 Å². The third-order valence-corrected chi connectivity index (χ3v) is 3.01. The summed E-state index contributed by atoms with van der Waals surface area (Å²) in [7, 11) is 0. The molecule has 2 atom stereocenters. The summed E-state index contributed by atoms with van der Waals surface area (Å²) in [6, 6.07) is 3.88. The first-order valence-corrected chi connectivity index (χ1v) is 5.46. The highest BCUT2D eigenvalue weighted by atomic mass is 16.5. The Labute approximate surface area is 92.6 Å². The molecule has 0 saturated heterocycles. The van der Waals surface area contributed by atoms with Crippen molar-refractivity contribution in [3.05, 3.63) is 24.3 Å². The Bertz CT molecular complexity index is 463. The van der Waals surface area contributed by atoms with E-state index in [0.29, 0.717) is 23.4 Å². The fraction of sp³-hybridized carbons (Fsp3) is 0.455. The first-order valence-electron chi connectivity index (χ1n) is 5.46. The second-order valence-corrected chi connectivity index (χ2v) is 4.20. The smallest absolute Gasteiger partial charge is 0.238 e. The quantitative estimate of drug-likeness (QED) is 0.834. The van der Waals surface area contributed by atoms with Gasteiger partial charge in [0.05, 0.1) is 6.26 Å². The van der Waals surface area contributed by atoms with E-state index in [-0.39, 0.29) is 6.04 Å². The van der Waals surface area contributed by atoms with Crippen LogP contribution in [0.1, 0.15) is 31.1 Å². The molecule has 1 aliphatic rings. The van der Waals surface area contributed by atoms with Crippen molar-refractivity contribution in [3.63, 3.8) is 0 Å². The molecule has 0 radical (unpaired) electrons. The van der Waals surface area contributed by atoms with Crippen LogP contribution in [0.3, 0.4) is 0 Å². The van der Waals surface area contributed by atoms with Crippen LogP contribution in [0.4, 0.5) is 0 Å². The van der Waals surface area contributed by atoms with Gasteiger partial charge in [-0.3, -0.25) is 0 Å². The fourth-order valence-corrected chi connectivity index (χ4v) is 2.15. The van der Waals surface area contributed by atoms with E-state index < -0.39 is 0 Å². The second-order valence-electron chi connectivity index (χ2n) is 4.20. The van der Waals surface area contributed by atoms with E-state index in [0.717, 1.165) is 19.3 Å². The van der Waals surface area contributed by atoms with Crippen molar-refractivity contribution in [2.45, 2.75) is 31.2 Å². The molecular weight excluding hydrogens is 206 g/mol. The Hall–Kier alpha value is -1.62. The lowest BCUT2D eigenvalue weighted by Crippen LogP contribution is -2.14. The van der Waals surface area contributed by atoms with Crippen LogP contribution >= 0.6 is 0 Å². The van der Waals surface area contributed by atoms with Crippen molar-refractivity contribution in [1.29, 1.82) is 0 Å². The van der Waals surface area contributed by atoms with Crippen LogP contribution in [0, 0.1) is 0 Å². The van der Waals surface area contributed by atoms with Crippen LogP contribution in [0.15, 0.2) is 27.3 Å². The predicted molar refractivity (Wildman–Crippen MR) is 56.6 cm³/mol. The molecule has 1 aliphatic carbocycles. The maximum atomic E-state index is 5.86. The van der Waals surface area contributed by atoms with E-state index in [4.69, 9.17) is 14.7 Å². The Balaban J connectivity index is 1.83. The highest BCUT2D eigenvalue weighted by molar-refractivity contribution is 5.44. The van der Waals surface area contributed by atoms with Gasteiger partial charge in [-0.05, 0) is 31.4 Å². The normalized spacial score (nSPS) is 25.1. The lowest BCUT2D eigenvalue weighted by atomic mass is 10.1. The average molecular weight is 219 g/mol. The third-order valence-electron chi connectivity index (χ3n) is 3.01. The van der Waals surface area contributed by atoms with Crippen molar-refractivity contribution in [3.8, 4) is 11.6 Å². The van der Waals surface area contributed by atoms with E-state index in [1.165, 1.54) is 0 Å². The van der Waals surface area contributed by atoms with E-state index >= 15 is 0 Å². The van der Waals surface area contributed by atoms with E-state index in [1.54, 1.807) is 12.3 Å². The van der Waals surface area contributed by atoms with Crippen LogP contribution in [0.5, 0.6) is 0 Å². The van der Waals surface area contributed by atoms with Crippen molar-refractivity contribution < 1.29 is 8.94 Å². The number of aromatic nitrogens is 2. The first kappa shape index (κ1) is 9.59. The molecule has 2 unspecified atom stereocenters. The first-order chi connectivity index (χ1) is 7.83. The minimum atomic E-state index is 0.268. The number of hydrogen-bond donors (Lipinski definition) is 1. The van der Waals surface area contributed by atoms with Crippen LogP contribution in [-0.4, -0.2) is 16.2 Å². The van der Waals surface area contributed by atoms with Gasteiger partial charge in [0.25, 0.3) is 0 Å². The molecule has 0 bridgehead atoms. The standard InChI is InChI=1S/C11H13N3O2/c12-8-4-3-7(6-8)11-13-10(14-16-11)9-2-1-5-15-9/h1-2,5,7-8H,3-4,6,12H2. The van der Waals surface area contributed by atoms with Gasteiger partial charge >= 0.3 is 0 Å². The zero-order valence-electron chi connectivity index (χ0n) is 8.80. The van der Waals surface area contributed by atoms with Crippen molar-refractivity contribution in [2.24, 2.45) is 5.73 Å². The molecule has 2 heterocycles. The number of furan rings is 1. The molecule has 84 valence electrons. The highest BCUT2D eigenvalue weighted by Crippen LogP contribution is 2.33. The van der Waals surface area contributed by atoms with Gasteiger partial charge in [-0.1, -0.05) is 5.16 Å². The summed E-state index contributed by atoms with van der Waals surface area (Å²) in [6.07, 6.45) is 4.58. The molecular formula is C11H13N3O2. The van der Waals surface area contributed by atoms with Gasteiger partial charge < -0.3 is 14.7 Å². The minimum Gasteiger partial charge on any atom is -0.461 e. The predicted octanol–water partition coefficient (Wildman–Crippen LogP) is 1.92. The minimum absolute atomic E-state index is 0.268. The lowest BCUT2D eigenvalue weighted by molar-refractivity contribution is 0.353. The van der Waals surface area contributed by atoms with E-state index in [9.17, 15) is 0 Å². The summed E-state index contributed by atoms with van der Waals surface area (Å²) in [5, 5.41) is 3.91. The molecule has 2 aromatic rings. The van der Waals surface area contributed by atoms with Gasteiger partial charge in [0.15, 0.2) is 5.76 Å².